The fourth-order valence-electron chi connectivity index (χ4n) is 4.23. The van der Waals surface area contributed by atoms with E-state index in [-0.39, 0.29) is 11.8 Å². The van der Waals surface area contributed by atoms with Crippen LogP contribution >= 0.6 is 23.2 Å². The highest BCUT2D eigenvalue weighted by Crippen LogP contribution is 2.29. The molecule has 2 heterocycles. The van der Waals surface area contributed by atoms with Crippen molar-refractivity contribution in [1.29, 1.82) is 0 Å². The Morgan fingerprint density at radius 2 is 1.56 bits per heavy atom. The van der Waals surface area contributed by atoms with Gasteiger partial charge in [0.15, 0.2) is 0 Å². The molecule has 34 heavy (non-hydrogen) atoms. The standard InChI is InChI=1S/C27H29Cl2N3O2/c28-23-8-3-20(4-9-23)25(21-5-10-24(29)11-6-21)13-14-30-27(33)22-7-12-26(31-19-22)34-18-17-32-15-1-2-16-32/h3-12,19,25H,1-2,13-18H2,(H,30,33). The minimum Gasteiger partial charge on any atom is -0.476 e. The Balaban J connectivity index is 1.30. The summed E-state index contributed by atoms with van der Waals surface area (Å²) < 4.78 is 5.73. The number of hydrogen-bond acceptors (Lipinski definition) is 4. The lowest BCUT2D eigenvalue weighted by Gasteiger charge is -2.19. The van der Waals surface area contributed by atoms with Gasteiger partial charge in [0.1, 0.15) is 6.61 Å². The zero-order valence-corrected chi connectivity index (χ0v) is 20.6. The molecule has 0 bridgehead atoms. The Bertz CT molecular complexity index is 1010. The van der Waals surface area contributed by atoms with Crippen LogP contribution in [-0.2, 0) is 0 Å². The number of halogens is 2. The van der Waals surface area contributed by atoms with E-state index in [0.29, 0.717) is 34.6 Å². The van der Waals surface area contributed by atoms with Crippen molar-refractivity contribution in [3.05, 3.63) is 93.6 Å². The number of aromatic nitrogens is 1. The van der Waals surface area contributed by atoms with Gasteiger partial charge < -0.3 is 10.1 Å². The quantitative estimate of drug-likeness (QED) is 0.383. The topological polar surface area (TPSA) is 54.5 Å². The molecule has 1 aromatic heterocycles. The van der Waals surface area contributed by atoms with Crippen LogP contribution in [0.3, 0.4) is 0 Å². The van der Waals surface area contributed by atoms with E-state index in [0.717, 1.165) is 37.2 Å². The van der Waals surface area contributed by atoms with Crippen LogP contribution in [0.1, 0.15) is 46.7 Å². The van der Waals surface area contributed by atoms with Crippen molar-refractivity contribution < 1.29 is 9.53 Å². The molecule has 0 spiro atoms. The second-order valence-corrected chi connectivity index (χ2v) is 9.36. The summed E-state index contributed by atoms with van der Waals surface area (Å²) in [6.45, 7) is 4.32. The van der Waals surface area contributed by atoms with E-state index in [2.05, 4.69) is 15.2 Å². The molecule has 0 saturated carbocycles. The SMILES string of the molecule is O=C(NCCC(c1ccc(Cl)cc1)c1ccc(Cl)cc1)c1ccc(OCCN2CCCC2)nc1. The third kappa shape index (κ3) is 6.95. The van der Waals surface area contributed by atoms with Crippen LogP contribution < -0.4 is 10.1 Å². The maximum Gasteiger partial charge on any atom is 0.252 e. The van der Waals surface area contributed by atoms with E-state index in [1.54, 1.807) is 18.3 Å². The summed E-state index contributed by atoms with van der Waals surface area (Å²) >= 11 is 12.1. The van der Waals surface area contributed by atoms with Gasteiger partial charge in [-0.05, 0) is 73.8 Å². The number of nitrogens with zero attached hydrogens (tertiary/aromatic N) is 2. The van der Waals surface area contributed by atoms with Crippen molar-refractivity contribution >= 4 is 29.1 Å². The number of carbonyl (C=O) groups excluding carboxylic acids is 1. The molecule has 5 nitrogen and oxygen atoms in total. The summed E-state index contributed by atoms with van der Waals surface area (Å²) in [5.41, 5.74) is 2.79. The molecule has 1 amide bonds. The van der Waals surface area contributed by atoms with Crippen LogP contribution in [0.4, 0.5) is 0 Å². The molecule has 178 valence electrons. The smallest absolute Gasteiger partial charge is 0.252 e. The summed E-state index contributed by atoms with van der Waals surface area (Å²) in [6.07, 6.45) is 4.83. The summed E-state index contributed by atoms with van der Waals surface area (Å²) in [5.74, 6) is 0.503. The molecule has 0 radical (unpaired) electrons. The Morgan fingerprint density at radius 1 is 0.941 bits per heavy atom. The maximum absolute atomic E-state index is 12.7. The maximum atomic E-state index is 12.7. The number of hydrogen-bond donors (Lipinski definition) is 1. The number of ether oxygens (including phenoxy) is 1. The molecule has 0 atom stereocenters. The molecule has 1 saturated heterocycles. The third-order valence-corrected chi connectivity index (χ3v) is 6.62. The molecule has 0 aliphatic carbocycles. The Hall–Kier alpha value is -2.60. The van der Waals surface area contributed by atoms with E-state index in [9.17, 15) is 4.79 Å². The van der Waals surface area contributed by atoms with Gasteiger partial charge in [-0.2, -0.15) is 0 Å². The van der Waals surface area contributed by atoms with Crippen LogP contribution in [0.2, 0.25) is 10.0 Å². The minimum atomic E-state index is -0.151. The van der Waals surface area contributed by atoms with Gasteiger partial charge in [0.2, 0.25) is 5.88 Å². The number of benzene rings is 2. The van der Waals surface area contributed by atoms with Crippen LogP contribution in [0.5, 0.6) is 5.88 Å². The van der Waals surface area contributed by atoms with Crippen molar-refractivity contribution in [3.63, 3.8) is 0 Å². The Morgan fingerprint density at radius 3 is 2.12 bits per heavy atom. The van der Waals surface area contributed by atoms with Gasteiger partial charge >= 0.3 is 0 Å². The lowest BCUT2D eigenvalue weighted by Crippen LogP contribution is -2.26. The molecule has 0 unspecified atom stereocenters. The number of pyridine rings is 1. The van der Waals surface area contributed by atoms with Gasteiger partial charge in [-0.3, -0.25) is 9.69 Å². The monoisotopic (exact) mass is 497 g/mol. The molecule has 1 fully saturated rings. The lowest BCUT2D eigenvalue weighted by atomic mass is 9.88. The van der Waals surface area contributed by atoms with Crippen molar-refractivity contribution in [2.45, 2.75) is 25.2 Å². The van der Waals surface area contributed by atoms with Gasteiger partial charge in [-0.1, -0.05) is 47.5 Å². The van der Waals surface area contributed by atoms with Gasteiger partial charge in [-0.25, -0.2) is 4.98 Å². The largest absolute Gasteiger partial charge is 0.476 e. The van der Waals surface area contributed by atoms with E-state index in [1.165, 1.54) is 12.8 Å². The third-order valence-electron chi connectivity index (χ3n) is 6.12. The highest BCUT2D eigenvalue weighted by atomic mass is 35.5. The number of carbonyl (C=O) groups is 1. The van der Waals surface area contributed by atoms with Crippen LogP contribution in [0.25, 0.3) is 0 Å². The van der Waals surface area contributed by atoms with Crippen molar-refractivity contribution in [2.24, 2.45) is 0 Å². The zero-order valence-electron chi connectivity index (χ0n) is 19.1. The highest BCUT2D eigenvalue weighted by Gasteiger charge is 2.16. The molecule has 2 aromatic carbocycles. The van der Waals surface area contributed by atoms with Crippen LogP contribution in [-0.4, -0.2) is 48.6 Å². The first-order chi connectivity index (χ1) is 16.6. The number of nitrogens with one attached hydrogen (secondary N) is 1. The average Bonchev–Trinajstić information content (AvgIpc) is 3.37. The normalized spacial score (nSPS) is 13.9. The van der Waals surface area contributed by atoms with E-state index in [1.807, 2.05) is 48.5 Å². The van der Waals surface area contributed by atoms with Gasteiger partial charge in [0, 0.05) is 41.3 Å². The first kappa shape index (κ1) is 24.5. The molecule has 4 rings (SSSR count). The molecule has 7 heteroatoms. The van der Waals surface area contributed by atoms with Gasteiger partial charge in [0.05, 0.1) is 5.56 Å². The average molecular weight is 498 g/mol. The second kappa shape index (κ2) is 12.2. The molecular formula is C27H29Cl2N3O2. The van der Waals surface area contributed by atoms with Gasteiger partial charge in [0.25, 0.3) is 5.91 Å². The van der Waals surface area contributed by atoms with Gasteiger partial charge in [-0.15, -0.1) is 0 Å². The molecule has 1 aliphatic heterocycles. The zero-order chi connectivity index (χ0) is 23.8. The number of rotatable bonds is 10. The fourth-order valence-corrected chi connectivity index (χ4v) is 4.49. The lowest BCUT2D eigenvalue weighted by molar-refractivity contribution is 0.0952. The summed E-state index contributed by atoms with van der Waals surface area (Å²) in [4.78, 5) is 19.3. The number of likely N-dealkylation sites (tertiary alicyclic amines) is 1. The summed E-state index contributed by atoms with van der Waals surface area (Å²) in [5, 5.41) is 4.41. The highest BCUT2D eigenvalue weighted by molar-refractivity contribution is 6.30. The first-order valence-corrected chi connectivity index (χ1v) is 12.4. The summed E-state index contributed by atoms with van der Waals surface area (Å²) in [7, 11) is 0. The molecular weight excluding hydrogens is 469 g/mol. The molecule has 1 N–H and O–H groups in total. The fraction of sp³-hybridized carbons (Fsp3) is 0.333. The van der Waals surface area contributed by atoms with Crippen LogP contribution in [0.15, 0.2) is 66.9 Å². The minimum absolute atomic E-state index is 0.111. The predicted molar refractivity (Wildman–Crippen MR) is 137 cm³/mol. The van der Waals surface area contributed by atoms with E-state index < -0.39 is 0 Å². The van der Waals surface area contributed by atoms with Crippen molar-refractivity contribution in [1.82, 2.24) is 15.2 Å². The Labute approximate surface area is 211 Å². The van der Waals surface area contributed by atoms with Crippen molar-refractivity contribution in [3.8, 4) is 5.88 Å². The summed E-state index contributed by atoms with van der Waals surface area (Å²) in [6, 6.07) is 19.2. The van der Waals surface area contributed by atoms with E-state index in [4.69, 9.17) is 27.9 Å². The molecule has 1 aliphatic rings. The molecule has 3 aromatic rings. The Kier molecular flexibility index (Phi) is 8.80. The van der Waals surface area contributed by atoms with Crippen molar-refractivity contribution in [2.75, 3.05) is 32.8 Å². The van der Waals surface area contributed by atoms with E-state index >= 15 is 0 Å². The second-order valence-electron chi connectivity index (χ2n) is 8.48. The predicted octanol–water partition coefficient (Wildman–Crippen LogP) is 5.82. The number of amides is 1. The van der Waals surface area contributed by atoms with Crippen LogP contribution in [0, 0.1) is 0 Å². The first-order valence-electron chi connectivity index (χ1n) is 11.7.